The molecule has 0 aromatic heterocycles. The van der Waals surface area contributed by atoms with E-state index in [1.165, 1.54) is 0 Å². The summed E-state index contributed by atoms with van der Waals surface area (Å²) in [6.07, 6.45) is 1.82. The molecule has 3 aromatic carbocycles. The molecule has 0 N–H and O–H groups in total. The molecular weight excluding hydrogens is 420 g/mol. The number of aliphatic imine (C=N–C) groups is 2. The maximum atomic E-state index is 13.4. The molecule has 2 heterocycles. The van der Waals surface area contributed by atoms with Crippen LogP contribution in [0.1, 0.15) is 16.7 Å². The average Bonchev–Trinajstić information content (AvgIpc) is 3.00. The van der Waals surface area contributed by atoms with E-state index in [0.717, 1.165) is 33.8 Å². The van der Waals surface area contributed by atoms with Crippen LogP contribution in [-0.2, 0) is 4.79 Å². The average molecular weight is 441 g/mol. The van der Waals surface area contributed by atoms with E-state index in [-0.39, 0.29) is 5.91 Å². The van der Waals surface area contributed by atoms with Crippen molar-refractivity contribution in [2.45, 2.75) is 0 Å². The first-order valence-electron chi connectivity index (χ1n) is 10.3. The van der Waals surface area contributed by atoms with Gasteiger partial charge in [-0.2, -0.15) is 0 Å². The predicted octanol–water partition coefficient (Wildman–Crippen LogP) is 5.04. The number of hydrogen-bond acceptors (Lipinski definition) is 4. The first kappa shape index (κ1) is 20.2. The Morgan fingerprint density at radius 3 is 2.47 bits per heavy atom. The van der Waals surface area contributed by atoms with Gasteiger partial charge in [-0.05, 0) is 42.0 Å². The first-order chi connectivity index (χ1) is 15.5. The van der Waals surface area contributed by atoms with Crippen LogP contribution in [0.25, 0.3) is 6.08 Å². The van der Waals surface area contributed by atoms with Crippen molar-refractivity contribution >= 4 is 46.5 Å². The molecule has 0 spiro atoms. The monoisotopic (exact) mass is 440 g/mol. The van der Waals surface area contributed by atoms with Crippen molar-refractivity contribution < 1.29 is 4.79 Å². The van der Waals surface area contributed by atoms with Gasteiger partial charge in [-0.15, -0.1) is 0 Å². The summed E-state index contributed by atoms with van der Waals surface area (Å²) in [5.41, 5.74) is 5.75. The molecule has 0 atom stereocenters. The third kappa shape index (κ3) is 3.61. The number of carbonyl (C=O) groups excluding carboxylic acids is 1. The van der Waals surface area contributed by atoms with Gasteiger partial charge in [0.05, 0.1) is 17.9 Å². The molecule has 0 bridgehead atoms. The summed E-state index contributed by atoms with van der Waals surface area (Å²) in [5, 5.41) is 0.594. The SMILES string of the molecule is CN(C)c1ccc(/C=C2\N=C3CN=C(c4ccccc4)c4cc(Cl)ccc4N3C2=O)cc1. The lowest BCUT2D eigenvalue weighted by atomic mass is 10.00. The second-order valence-corrected chi connectivity index (χ2v) is 8.31. The van der Waals surface area contributed by atoms with Crippen molar-refractivity contribution in [3.05, 3.63) is 100 Å². The number of carbonyl (C=O) groups is 1. The zero-order chi connectivity index (χ0) is 22.2. The molecule has 3 aromatic rings. The fourth-order valence-electron chi connectivity index (χ4n) is 3.91. The third-order valence-electron chi connectivity index (χ3n) is 5.52. The van der Waals surface area contributed by atoms with Gasteiger partial charge in [0, 0.05) is 35.9 Å². The van der Waals surface area contributed by atoms with Crippen LogP contribution in [0.15, 0.2) is 88.5 Å². The molecule has 0 radical (unpaired) electrons. The number of amides is 1. The maximum Gasteiger partial charge on any atom is 0.282 e. The van der Waals surface area contributed by atoms with Crippen LogP contribution in [0.3, 0.4) is 0 Å². The van der Waals surface area contributed by atoms with Gasteiger partial charge in [0.1, 0.15) is 11.5 Å². The molecule has 2 aliphatic heterocycles. The van der Waals surface area contributed by atoms with E-state index in [4.69, 9.17) is 16.6 Å². The Morgan fingerprint density at radius 1 is 1.00 bits per heavy atom. The second-order valence-electron chi connectivity index (χ2n) is 7.88. The molecule has 0 aliphatic carbocycles. The molecule has 5 rings (SSSR count). The van der Waals surface area contributed by atoms with E-state index < -0.39 is 0 Å². The minimum absolute atomic E-state index is 0.162. The molecule has 158 valence electrons. The summed E-state index contributed by atoms with van der Waals surface area (Å²) < 4.78 is 0. The van der Waals surface area contributed by atoms with Crippen molar-refractivity contribution in [3.8, 4) is 0 Å². The Labute approximate surface area is 192 Å². The second kappa shape index (κ2) is 8.09. The molecule has 0 fully saturated rings. The molecule has 32 heavy (non-hydrogen) atoms. The van der Waals surface area contributed by atoms with Gasteiger partial charge >= 0.3 is 0 Å². The minimum atomic E-state index is -0.162. The van der Waals surface area contributed by atoms with Gasteiger partial charge in [-0.3, -0.25) is 14.7 Å². The smallest absolute Gasteiger partial charge is 0.282 e. The van der Waals surface area contributed by atoms with E-state index in [1.807, 2.05) is 91.8 Å². The van der Waals surface area contributed by atoms with Crippen LogP contribution in [0, 0.1) is 0 Å². The summed E-state index contributed by atoms with van der Waals surface area (Å²) >= 11 is 6.33. The van der Waals surface area contributed by atoms with E-state index in [1.54, 1.807) is 11.0 Å². The van der Waals surface area contributed by atoms with Crippen LogP contribution in [0.2, 0.25) is 5.02 Å². The Balaban J connectivity index is 1.58. The standard InChI is InChI=1S/C26H21ClN4O/c1-30(2)20-11-8-17(9-12-20)14-22-26(32)31-23-13-10-19(27)15-21(23)25(28-16-24(31)29-22)18-6-4-3-5-7-18/h3-15H,16H2,1-2H3/b22-14-. The zero-order valence-corrected chi connectivity index (χ0v) is 18.5. The van der Waals surface area contributed by atoms with E-state index in [2.05, 4.69) is 4.99 Å². The van der Waals surface area contributed by atoms with Crippen LogP contribution in [0.4, 0.5) is 11.4 Å². The highest BCUT2D eigenvalue weighted by Crippen LogP contribution is 2.34. The Kier molecular flexibility index (Phi) is 5.11. The number of hydrogen-bond donors (Lipinski definition) is 0. The topological polar surface area (TPSA) is 48.3 Å². The minimum Gasteiger partial charge on any atom is -0.378 e. The van der Waals surface area contributed by atoms with Gasteiger partial charge in [-0.25, -0.2) is 4.99 Å². The van der Waals surface area contributed by atoms with Gasteiger partial charge in [0.2, 0.25) is 0 Å². The summed E-state index contributed by atoms with van der Waals surface area (Å²) in [6, 6.07) is 23.4. The fraction of sp³-hybridized carbons (Fsp3) is 0.115. The van der Waals surface area contributed by atoms with Crippen LogP contribution < -0.4 is 9.80 Å². The van der Waals surface area contributed by atoms with Gasteiger partial charge in [-0.1, -0.05) is 54.1 Å². The molecule has 0 saturated heterocycles. The number of nitrogens with zero attached hydrogens (tertiary/aromatic N) is 4. The lowest BCUT2D eigenvalue weighted by molar-refractivity contribution is -0.113. The summed E-state index contributed by atoms with van der Waals surface area (Å²) in [7, 11) is 3.99. The summed E-state index contributed by atoms with van der Waals surface area (Å²) in [5.74, 6) is 0.449. The van der Waals surface area contributed by atoms with E-state index >= 15 is 0 Å². The van der Waals surface area contributed by atoms with Crippen molar-refractivity contribution in [2.24, 2.45) is 9.98 Å². The normalized spacial score (nSPS) is 16.3. The molecule has 1 amide bonds. The Hall–Kier alpha value is -3.70. The third-order valence-corrected chi connectivity index (χ3v) is 5.76. The first-order valence-corrected chi connectivity index (χ1v) is 10.7. The van der Waals surface area contributed by atoms with Crippen molar-refractivity contribution in [2.75, 3.05) is 30.4 Å². The van der Waals surface area contributed by atoms with E-state index in [0.29, 0.717) is 23.1 Å². The summed E-state index contributed by atoms with van der Waals surface area (Å²) in [6.45, 7) is 0.305. The van der Waals surface area contributed by atoms with Crippen molar-refractivity contribution in [3.63, 3.8) is 0 Å². The molecule has 5 nitrogen and oxygen atoms in total. The Bertz CT molecular complexity index is 1290. The molecule has 6 heteroatoms. The molecule has 0 unspecified atom stereocenters. The highest BCUT2D eigenvalue weighted by Gasteiger charge is 2.35. The molecular formula is C26H21ClN4O. The quantitative estimate of drug-likeness (QED) is 0.535. The Morgan fingerprint density at radius 2 is 1.75 bits per heavy atom. The lowest BCUT2D eigenvalue weighted by Gasteiger charge is -2.19. The fourth-order valence-corrected chi connectivity index (χ4v) is 4.09. The highest BCUT2D eigenvalue weighted by molar-refractivity contribution is 6.35. The predicted molar refractivity (Wildman–Crippen MR) is 132 cm³/mol. The van der Waals surface area contributed by atoms with Crippen molar-refractivity contribution in [1.29, 1.82) is 0 Å². The lowest BCUT2D eigenvalue weighted by Crippen LogP contribution is -2.33. The maximum absolute atomic E-state index is 13.4. The molecule has 0 saturated carbocycles. The summed E-state index contributed by atoms with van der Waals surface area (Å²) in [4.78, 5) is 26.6. The highest BCUT2D eigenvalue weighted by atomic mass is 35.5. The van der Waals surface area contributed by atoms with E-state index in [9.17, 15) is 4.79 Å². The van der Waals surface area contributed by atoms with Crippen molar-refractivity contribution in [1.82, 2.24) is 0 Å². The van der Waals surface area contributed by atoms with Crippen LogP contribution in [0.5, 0.6) is 0 Å². The molecule has 2 aliphatic rings. The van der Waals surface area contributed by atoms with Crippen LogP contribution in [-0.4, -0.2) is 38.1 Å². The largest absolute Gasteiger partial charge is 0.378 e. The van der Waals surface area contributed by atoms with Crippen LogP contribution >= 0.6 is 11.6 Å². The number of fused-ring (bicyclic) bond motifs is 3. The number of anilines is 2. The van der Waals surface area contributed by atoms with Gasteiger partial charge < -0.3 is 4.90 Å². The van der Waals surface area contributed by atoms with Gasteiger partial charge in [0.25, 0.3) is 5.91 Å². The number of benzene rings is 3. The number of rotatable bonds is 3. The number of amidine groups is 1. The number of halogens is 1. The van der Waals surface area contributed by atoms with Gasteiger partial charge in [0.15, 0.2) is 0 Å². The zero-order valence-electron chi connectivity index (χ0n) is 17.8.